The molecule has 0 radical (unpaired) electrons. The van der Waals surface area contributed by atoms with Crippen molar-refractivity contribution in [3.8, 4) is 17.9 Å². The van der Waals surface area contributed by atoms with Crippen LogP contribution in [0.1, 0.15) is 11.1 Å². The average Bonchev–Trinajstić information content (AvgIpc) is 2.41. The summed E-state index contributed by atoms with van der Waals surface area (Å²) in [5.41, 5.74) is 0.412. The van der Waals surface area contributed by atoms with Crippen LogP contribution in [0.4, 0.5) is 4.39 Å². The van der Waals surface area contributed by atoms with Gasteiger partial charge in [0.2, 0.25) is 0 Å². The van der Waals surface area contributed by atoms with E-state index in [0.717, 1.165) is 0 Å². The summed E-state index contributed by atoms with van der Waals surface area (Å²) in [4.78, 5) is 0. The minimum Gasteiger partial charge on any atom is -0.507 e. The van der Waals surface area contributed by atoms with E-state index in [9.17, 15) is 4.39 Å². The van der Waals surface area contributed by atoms with Gasteiger partial charge in [-0.05, 0) is 24.3 Å². The van der Waals surface area contributed by atoms with Crippen molar-refractivity contribution in [1.82, 2.24) is 0 Å². The van der Waals surface area contributed by atoms with E-state index in [0.29, 0.717) is 5.56 Å². The first kappa shape index (κ1) is 13.2. The summed E-state index contributed by atoms with van der Waals surface area (Å²) >= 11 is 0. The molecule has 0 aromatic heterocycles. The van der Waals surface area contributed by atoms with Gasteiger partial charge in [0.1, 0.15) is 23.7 Å². The fourth-order valence-corrected chi connectivity index (χ4v) is 1.12. The summed E-state index contributed by atoms with van der Waals surface area (Å²) in [6.45, 7) is 0. The second-order valence-electron chi connectivity index (χ2n) is 3.22. The highest BCUT2D eigenvalue weighted by molar-refractivity contribution is 5.41. The number of phenolic OH excluding ortho intramolecular Hbond substituents is 1. The monoisotopic (exact) mass is 240 g/mol. The molecule has 0 aliphatic rings. The molecule has 0 spiro atoms. The molecule has 2 rings (SSSR count). The number of halogens is 1. The molecule has 0 saturated heterocycles. The number of phenols is 1. The smallest absolute Gasteiger partial charge is 0.140 e. The Morgan fingerprint density at radius 1 is 0.833 bits per heavy atom. The van der Waals surface area contributed by atoms with E-state index in [2.05, 4.69) is 0 Å². The zero-order valence-corrected chi connectivity index (χ0v) is 9.34. The summed E-state index contributed by atoms with van der Waals surface area (Å²) in [6.07, 6.45) is 0. The highest BCUT2D eigenvalue weighted by atomic mass is 19.1. The molecule has 0 unspecified atom stereocenters. The number of hydrogen-bond donors (Lipinski definition) is 1. The summed E-state index contributed by atoms with van der Waals surface area (Å²) in [6, 6.07) is 15.9. The van der Waals surface area contributed by atoms with Gasteiger partial charge in [-0.3, -0.25) is 0 Å². The zero-order valence-electron chi connectivity index (χ0n) is 9.34. The maximum absolute atomic E-state index is 12.4. The number of aromatic hydroxyl groups is 1. The summed E-state index contributed by atoms with van der Waals surface area (Å²) in [5, 5.41) is 25.4. The van der Waals surface area contributed by atoms with Crippen molar-refractivity contribution in [2.24, 2.45) is 0 Å². The van der Waals surface area contributed by atoms with Crippen LogP contribution in [0, 0.1) is 28.5 Å². The minimum atomic E-state index is -0.458. The van der Waals surface area contributed by atoms with Crippen molar-refractivity contribution >= 4 is 0 Å². The molecule has 2 aromatic rings. The molecule has 0 bridgehead atoms. The summed E-state index contributed by atoms with van der Waals surface area (Å²) in [5.74, 6) is -0.417. The number of para-hydroxylation sites is 1. The number of rotatable bonds is 0. The Morgan fingerprint density at radius 3 is 1.72 bits per heavy atom. The fraction of sp³-hybridized carbons (Fsp3) is 0. The van der Waals surface area contributed by atoms with Gasteiger partial charge in [-0.1, -0.05) is 24.3 Å². The van der Waals surface area contributed by atoms with E-state index < -0.39 is 5.82 Å². The first-order valence-corrected chi connectivity index (χ1v) is 5.01. The second kappa shape index (κ2) is 6.67. The molecule has 88 valence electrons. The maximum Gasteiger partial charge on any atom is 0.140 e. The van der Waals surface area contributed by atoms with Gasteiger partial charge in [-0.2, -0.15) is 10.5 Å². The van der Waals surface area contributed by atoms with Crippen LogP contribution in [0.2, 0.25) is 0 Å². The van der Waals surface area contributed by atoms with Crippen molar-refractivity contribution < 1.29 is 9.50 Å². The van der Waals surface area contributed by atoms with Crippen LogP contribution >= 0.6 is 0 Å². The van der Waals surface area contributed by atoms with E-state index in [1.165, 1.54) is 18.2 Å². The van der Waals surface area contributed by atoms with Gasteiger partial charge in [-0.25, -0.2) is 4.39 Å². The van der Waals surface area contributed by atoms with Crippen LogP contribution in [0.5, 0.6) is 5.75 Å². The molecule has 0 saturated carbocycles. The number of hydrogen-bond acceptors (Lipinski definition) is 3. The van der Waals surface area contributed by atoms with E-state index in [1.807, 2.05) is 6.07 Å². The molecule has 1 N–H and O–H groups in total. The van der Waals surface area contributed by atoms with Crippen molar-refractivity contribution in [2.75, 3.05) is 0 Å². The third kappa shape index (κ3) is 3.62. The predicted molar refractivity (Wildman–Crippen MR) is 63.9 cm³/mol. The Hall–Kier alpha value is -2.85. The Kier molecular flexibility index (Phi) is 4.90. The molecule has 2 aromatic carbocycles. The number of nitrogens with zero attached hydrogens (tertiary/aromatic N) is 2. The first-order valence-electron chi connectivity index (χ1n) is 5.01. The van der Waals surface area contributed by atoms with E-state index in [1.54, 1.807) is 36.4 Å². The minimum absolute atomic E-state index is 0.0417. The van der Waals surface area contributed by atoms with Gasteiger partial charge >= 0.3 is 0 Å². The largest absolute Gasteiger partial charge is 0.507 e. The molecule has 3 nitrogen and oxygen atoms in total. The Bertz CT molecular complexity index is 556. The normalized spacial score (nSPS) is 8.39. The molecule has 4 heteroatoms. The molecular weight excluding hydrogens is 231 g/mol. The van der Waals surface area contributed by atoms with Crippen molar-refractivity contribution in [2.45, 2.75) is 0 Å². The lowest BCUT2D eigenvalue weighted by atomic mass is 10.2. The van der Waals surface area contributed by atoms with Gasteiger partial charge in [0, 0.05) is 0 Å². The predicted octanol–water partition coefficient (Wildman–Crippen LogP) is 2.96. The van der Waals surface area contributed by atoms with E-state index in [-0.39, 0.29) is 11.3 Å². The quantitative estimate of drug-likeness (QED) is 0.769. The third-order valence-corrected chi connectivity index (χ3v) is 2.02. The van der Waals surface area contributed by atoms with Crippen LogP contribution in [-0.4, -0.2) is 5.11 Å². The molecule has 0 fully saturated rings. The van der Waals surface area contributed by atoms with Gasteiger partial charge in [0.05, 0.1) is 11.1 Å². The molecule has 0 aliphatic heterocycles. The summed E-state index contributed by atoms with van der Waals surface area (Å²) < 4.78 is 12.4. The standard InChI is InChI=1S/C7H4FN.C7H5NO/c8-7-4-2-1-3-6(7)5-9;8-5-6-3-1-2-4-7(6)9/h1-4H;1-4,9H. The highest BCUT2D eigenvalue weighted by Gasteiger charge is 1.94. The molecule has 0 heterocycles. The topological polar surface area (TPSA) is 67.8 Å². The van der Waals surface area contributed by atoms with Crippen LogP contribution in [0.3, 0.4) is 0 Å². The molecule has 18 heavy (non-hydrogen) atoms. The highest BCUT2D eigenvalue weighted by Crippen LogP contribution is 2.12. The second-order valence-corrected chi connectivity index (χ2v) is 3.22. The Balaban J connectivity index is 0.000000180. The molecule has 0 amide bonds. The average molecular weight is 240 g/mol. The Morgan fingerprint density at radius 2 is 1.33 bits per heavy atom. The summed E-state index contributed by atoms with van der Waals surface area (Å²) in [7, 11) is 0. The van der Waals surface area contributed by atoms with Crippen LogP contribution in [-0.2, 0) is 0 Å². The van der Waals surface area contributed by atoms with E-state index in [4.69, 9.17) is 15.6 Å². The molecule has 0 aliphatic carbocycles. The van der Waals surface area contributed by atoms with Gasteiger partial charge < -0.3 is 5.11 Å². The van der Waals surface area contributed by atoms with Crippen LogP contribution in [0.25, 0.3) is 0 Å². The lowest BCUT2D eigenvalue weighted by Gasteiger charge is -1.89. The third-order valence-electron chi connectivity index (χ3n) is 2.02. The number of benzene rings is 2. The Labute approximate surface area is 104 Å². The van der Waals surface area contributed by atoms with Crippen molar-refractivity contribution in [3.05, 3.63) is 65.5 Å². The molecule has 0 atom stereocenters. The van der Waals surface area contributed by atoms with Crippen molar-refractivity contribution in [1.29, 1.82) is 10.5 Å². The van der Waals surface area contributed by atoms with Crippen molar-refractivity contribution in [3.63, 3.8) is 0 Å². The van der Waals surface area contributed by atoms with Gasteiger partial charge in [0.25, 0.3) is 0 Å². The van der Waals surface area contributed by atoms with Crippen LogP contribution in [0.15, 0.2) is 48.5 Å². The fourth-order valence-electron chi connectivity index (χ4n) is 1.12. The lowest BCUT2D eigenvalue weighted by Crippen LogP contribution is -1.78. The first-order chi connectivity index (χ1) is 8.69. The number of nitriles is 2. The van der Waals surface area contributed by atoms with Crippen LogP contribution < -0.4 is 0 Å². The van der Waals surface area contributed by atoms with Gasteiger partial charge in [-0.15, -0.1) is 0 Å². The maximum atomic E-state index is 12.4. The molecular formula is C14H9FN2O. The lowest BCUT2D eigenvalue weighted by molar-refractivity contribution is 0.473. The van der Waals surface area contributed by atoms with Gasteiger partial charge in [0.15, 0.2) is 0 Å². The SMILES string of the molecule is N#Cc1ccccc1F.N#Cc1ccccc1O. The zero-order chi connectivity index (χ0) is 13.4. The van der Waals surface area contributed by atoms with E-state index >= 15 is 0 Å².